The molecule has 0 unspecified atom stereocenters. The Kier molecular flexibility index (Phi) is 5.44. The molecular weight excluding hydrogens is 394 g/mol. The number of nitrogens with one attached hydrogen (secondary N) is 3. The minimum absolute atomic E-state index is 0.112. The van der Waals surface area contributed by atoms with E-state index in [4.69, 9.17) is 20.8 Å². The predicted octanol–water partition coefficient (Wildman–Crippen LogP) is 4.54. The van der Waals surface area contributed by atoms with Gasteiger partial charge in [0.05, 0.1) is 29.0 Å². The zero-order valence-electron chi connectivity index (χ0n) is 16.7. The number of halogens is 1. The molecule has 4 rings (SSSR count). The lowest BCUT2D eigenvalue weighted by Crippen LogP contribution is -2.52. The van der Waals surface area contributed by atoms with E-state index in [1.807, 2.05) is 13.8 Å². The molecule has 29 heavy (non-hydrogen) atoms. The average Bonchev–Trinajstić information content (AvgIpc) is 3.09. The van der Waals surface area contributed by atoms with Crippen molar-refractivity contribution in [2.24, 2.45) is 0 Å². The fraction of sp³-hybridized carbons (Fsp3) is 0.524. The molecule has 8 heteroatoms. The standard InChI is InChI=1S/C21H26ClN3O4/c1-12(2)28-9-8-23-19(26)15-11-13-10-14(22)17-16(18(13)29-15)21(25-20(27)24-17)6-4-3-5-7-21/h10-12H,3-9H2,1-2H3,(H,23,26)(H2,24,25,27). The van der Waals surface area contributed by atoms with Crippen molar-refractivity contribution in [3.63, 3.8) is 0 Å². The highest BCUT2D eigenvalue weighted by atomic mass is 35.5. The zero-order valence-corrected chi connectivity index (χ0v) is 17.4. The van der Waals surface area contributed by atoms with Crippen LogP contribution in [-0.4, -0.2) is 31.2 Å². The third-order valence-electron chi connectivity index (χ3n) is 5.60. The molecule has 2 aliphatic rings. The van der Waals surface area contributed by atoms with Crippen LogP contribution in [0, 0.1) is 0 Å². The molecule has 7 nitrogen and oxygen atoms in total. The van der Waals surface area contributed by atoms with Gasteiger partial charge in [-0.3, -0.25) is 4.79 Å². The number of rotatable bonds is 5. The minimum Gasteiger partial charge on any atom is -0.450 e. The number of anilines is 1. The van der Waals surface area contributed by atoms with Crippen LogP contribution in [0.5, 0.6) is 0 Å². The van der Waals surface area contributed by atoms with Gasteiger partial charge in [0, 0.05) is 17.5 Å². The van der Waals surface area contributed by atoms with E-state index in [1.54, 1.807) is 12.1 Å². The highest BCUT2D eigenvalue weighted by Gasteiger charge is 2.43. The molecule has 2 heterocycles. The van der Waals surface area contributed by atoms with E-state index in [0.29, 0.717) is 29.4 Å². The highest BCUT2D eigenvalue weighted by Crippen LogP contribution is 2.48. The number of benzene rings is 1. The molecule has 1 saturated carbocycles. The second-order valence-electron chi connectivity index (χ2n) is 8.03. The van der Waals surface area contributed by atoms with Gasteiger partial charge in [-0.05, 0) is 38.8 Å². The highest BCUT2D eigenvalue weighted by molar-refractivity contribution is 6.35. The maximum Gasteiger partial charge on any atom is 0.319 e. The lowest BCUT2D eigenvalue weighted by molar-refractivity contribution is 0.0737. The Bertz CT molecular complexity index is 947. The SMILES string of the molecule is CC(C)OCCNC(=O)c1cc2cc(Cl)c3c(c2o1)C1(CCCCC1)NC(=O)N3. The van der Waals surface area contributed by atoms with Gasteiger partial charge in [-0.1, -0.05) is 30.9 Å². The van der Waals surface area contributed by atoms with Crippen LogP contribution < -0.4 is 16.0 Å². The van der Waals surface area contributed by atoms with Crippen molar-refractivity contribution >= 4 is 40.2 Å². The van der Waals surface area contributed by atoms with E-state index in [9.17, 15) is 9.59 Å². The Morgan fingerprint density at radius 1 is 1.31 bits per heavy atom. The third kappa shape index (κ3) is 3.81. The van der Waals surface area contributed by atoms with Crippen molar-refractivity contribution in [3.8, 4) is 0 Å². The summed E-state index contributed by atoms with van der Waals surface area (Å²) in [4.78, 5) is 24.9. The van der Waals surface area contributed by atoms with Gasteiger partial charge >= 0.3 is 6.03 Å². The molecule has 1 aliphatic carbocycles. The van der Waals surface area contributed by atoms with Crippen LogP contribution in [0.3, 0.4) is 0 Å². The Morgan fingerprint density at radius 2 is 2.07 bits per heavy atom. The summed E-state index contributed by atoms with van der Waals surface area (Å²) in [6, 6.07) is 3.18. The van der Waals surface area contributed by atoms with Crippen LogP contribution >= 0.6 is 11.6 Å². The smallest absolute Gasteiger partial charge is 0.319 e. The quantitative estimate of drug-likeness (QED) is 0.620. The van der Waals surface area contributed by atoms with Crippen molar-refractivity contribution in [1.29, 1.82) is 0 Å². The van der Waals surface area contributed by atoms with Gasteiger partial charge in [0.15, 0.2) is 5.76 Å². The summed E-state index contributed by atoms with van der Waals surface area (Å²) >= 11 is 6.51. The first-order valence-corrected chi connectivity index (χ1v) is 10.5. The number of furan rings is 1. The van der Waals surface area contributed by atoms with Gasteiger partial charge in [-0.15, -0.1) is 0 Å². The van der Waals surface area contributed by atoms with Gasteiger partial charge in [-0.2, -0.15) is 0 Å². The summed E-state index contributed by atoms with van der Waals surface area (Å²) in [5.41, 5.74) is 1.51. The molecular formula is C21H26ClN3O4. The van der Waals surface area contributed by atoms with E-state index in [0.717, 1.165) is 43.1 Å². The summed E-state index contributed by atoms with van der Waals surface area (Å²) < 4.78 is 11.5. The van der Waals surface area contributed by atoms with E-state index in [2.05, 4.69) is 16.0 Å². The number of urea groups is 1. The van der Waals surface area contributed by atoms with Crippen LogP contribution in [0.1, 0.15) is 62.1 Å². The number of carbonyl (C=O) groups excluding carboxylic acids is 2. The summed E-state index contributed by atoms with van der Waals surface area (Å²) in [6.45, 7) is 4.72. The summed E-state index contributed by atoms with van der Waals surface area (Å²) in [6.07, 6.45) is 4.90. The number of carbonyl (C=O) groups is 2. The molecule has 1 aliphatic heterocycles. The van der Waals surface area contributed by atoms with Crippen molar-refractivity contribution in [1.82, 2.24) is 10.6 Å². The monoisotopic (exact) mass is 419 g/mol. The number of ether oxygens (including phenoxy) is 1. The molecule has 0 radical (unpaired) electrons. The summed E-state index contributed by atoms with van der Waals surface area (Å²) in [7, 11) is 0. The fourth-order valence-electron chi connectivity index (χ4n) is 4.34. The molecule has 156 valence electrons. The zero-order chi connectivity index (χ0) is 20.6. The first kappa shape index (κ1) is 20.0. The second kappa shape index (κ2) is 7.88. The van der Waals surface area contributed by atoms with E-state index in [-0.39, 0.29) is 23.8 Å². The second-order valence-corrected chi connectivity index (χ2v) is 8.44. The van der Waals surface area contributed by atoms with Crippen LogP contribution in [0.15, 0.2) is 16.5 Å². The van der Waals surface area contributed by atoms with E-state index < -0.39 is 5.54 Å². The number of amides is 3. The molecule has 0 bridgehead atoms. The number of hydrogen-bond donors (Lipinski definition) is 3. The molecule has 1 aromatic heterocycles. The van der Waals surface area contributed by atoms with Gasteiger partial charge in [0.2, 0.25) is 0 Å². The van der Waals surface area contributed by atoms with Gasteiger partial charge in [-0.25, -0.2) is 4.79 Å². The topological polar surface area (TPSA) is 92.6 Å². The molecule has 3 N–H and O–H groups in total. The lowest BCUT2D eigenvalue weighted by atomic mass is 9.74. The Labute approximate surface area is 174 Å². The van der Waals surface area contributed by atoms with Crippen molar-refractivity contribution < 1.29 is 18.7 Å². The Morgan fingerprint density at radius 3 is 2.79 bits per heavy atom. The Hall–Kier alpha value is -2.25. The third-order valence-corrected chi connectivity index (χ3v) is 5.90. The molecule has 0 atom stereocenters. The summed E-state index contributed by atoms with van der Waals surface area (Å²) in [5.74, 6) is -0.0826. The molecule has 0 saturated heterocycles. The van der Waals surface area contributed by atoms with Crippen LogP contribution in [0.2, 0.25) is 5.02 Å². The van der Waals surface area contributed by atoms with E-state index >= 15 is 0 Å². The van der Waals surface area contributed by atoms with E-state index in [1.165, 1.54) is 0 Å². The van der Waals surface area contributed by atoms with Gasteiger partial charge < -0.3 is 25.1 Å². The average molecular weight is 420 g/mol. The Balaban J connectivity index is 1.70. The van der Waals surface area contributed by atoms with Gasteiger partial charge in [0.1, 0.15) is 5.58 Å². The maximum absolute atomic E-state index is 12.6. The van der Waals surface area contributed by atoms with Crippen LogP contribution in [0.4, 0.5) is 10.5 Å². The normalized spacial score (nSPS) is 17.9. The first-order valence-electron chi connectivity index (χ1n) is 10.1. The molecule has 2 aromatic rings. The largest absolute Gasteiger partial charge is 0.450 e. The van der Waals surface area contributed by atoms with Crippen molar-refractivity contribution in [2.75, 3.05) is 18.5 Å². The molecule has 1 aromatic carbocycles. The van der Waals surface area contributed by atoms with Gasteiger partial charge in [0.25, 0.3) is 5.91 Å². The summed E-state index contributed by atoms with van der Waals surface area (Å²) in [5, 5.41) is 9.95. The van der Waals surface area contributed by atoms with Crippen LogP contribution in [0.25, 0.3) is 11.0 Å². The fourth-order valence-corrected chi connectivity index (χ4v) is 4.60. The minimum atomic E-state index is -0.518. The van der Waals surface area contributed by atoms with Crippen LogP contribution in [-0.2, 0) is 10.3 Å². The molecule has 1 fully saturated rings. The van der Waals surface area contributed by atoms with Crippen molar-refractivity contribution in [2.45, 2.75) is 57.6 Å². The number of fused-ring (bicyclic) bond motifs is 4. The molecule has 1 spiro atoms. The number of hydrogen-bond acceptors (Lipinski definition) is 4. The van der Waals surface area contributed by atoms with Crippen molar-refractivity contribution in [3.05, 3.63) is 28.5 Å². The lowest BCUT2D eigenvalue weighted by Gasteiger charge is -2.42. The predicted molar refractivity (Wildman–Crippen MR) is 112 cm³/mol. The first-order chi connectivity index (χ1) is 13.9. The molecule has 3 amide bonds. The maximum atomic E-state index is 12.6.